The lowest BCUT2D eigenvalue weighted by Gasteiger charge is -1.98. The molecule has 2 nitrogen and oxygen atoms in total. The lowest BCUT2D eigenvalue weighted by atomic mass is 10.2. The molecule has 1 aromatic rings. The molecular weight excluding hydrogens is 152 g/mol. The molecule has 0 heterocycles. The molecule has 1 rings (SSSR count). The van der Waals surface area contributed by atoms with Gasteiger partial charge in [-0.2, -0.15) is 0 Å². The van der Waals surface area contributed by atoms with Crippen LogP contribution >= 0.6 is 0 Å². The van der Waals surface area contributed by atoms with Crippen molar-refractivity contribution in [3.63, 3.8) is 0 Å². The first-order valence-electron chi connectivity index (χ1n) is 3.47. The van der Waals surface area contributed by atoms with Gasteiger partial charge >= 0.3 is 5.97 Å². The maximum atomic E-state index is 10.6. The second-order valence-corrected chi connectivity index (χ2v) is 2.35. The first-order valence-corrected chi connectivity index (χ1v) is 3.47. The third-order valence-corrected chi connectivity index (χ3v) is 1.35. The molecule has 2 heteroatoms. The summed E-state index contributed by atoms with van der Waals surface area (Å²) >= 11 is 0. The van der Waals surface area contributed by atoms with Crippen LogP contribution in [0.1, 0.15) is 5.56 Å². The molecule has 0 aromatic heterocycles. The zero-order chi connectivity index (χ0) is 8.97. The first kappa shape index (κ1) is 8.35. The minimum atomic E-state index is -0.668. The summed E-state index contributed by atoms with van der Waals surface area (Å²) in [4.78, 5) is 10.6. The summed E-state index contributed by atoms with van der Waals surface area (Å²) in [6.45, 7) is 1.95. The van der Waals surface area contributed by atoms with Gasteiger partial charge in [0.15, 0.2) is 0 Å². The molecule has 0 aliphatic heterocycles. The third-order valence-electron chi connectivity index (χ3n) is 1.35. The molecule has 12 heavy (non-hydrogen) atoms. The average molecular weight is 160 g/mol. The van der Waals surface area contributed by atoms with Crippen LogP contribution in [0.25, 0.3) is 0 Å². The Labute approximate surface area is 71.2 Å². The number of carbonyl (C=O) groups excluding carboxylic acids is 1. The minimum Gasteiger partial charge on any atom is -0.417 e. The van der Waals surface area contributed by atoms with Crippen molar-refractivity contribution in [2.75, 3.05) is 0 Å². The maximum Gasteiger partial charge on any atom is 0.389 e. The van der Waals surface area contributed by atoms with Crippen molar-refractivity contribution in [3.05, 3.63) is 29.8 Å². The summed E-state index contributed by atoms with van der Waals surface area (Å²) in [6, 6.07) is 7.09. The Bertz CT molecular complexity index is 317. The summed E-state index contributed by atoms with van der Waals surface area (Å²) in [5, 5.41) is 0. The molecule has 0 aliphatic rings. The van der Waals surface area contributed by atoms with E-state index in [-0.39, 0.29) is 0 Å². The Morgan fingerprint density at radius 2 is 2.00 bits per heavy atom. The highest BCUT2D eigenvalue weighted by Crippen LogP contribution is 2.10. The Kier molecular flexibility index (Phi) is 2.49. The molecule has 0 bridgehead atoms. The molecule has 0 spiro atoms. The van der Waals surface area contributed by atoms with Gasteiger partial charge in [-0.05, 0) is 19.1 Å². The van der Waals surface area contributed by atoms with Crippen molar-refractivity contribution in [2.24, 2.45) is 0 Å². The highest BCUT2D eigenvalue weighted by atomic mass is 16.5. The fourth-order valence-electron chi connectivity index (χ4n) is 0.743. The van der Waals surface area contributed by atoms with Crippen molar-refractivity contribution >= 4 is 5.97 Å². The number of benzene rings is 1. The Morgan fingerprint density at radius 3 is 2.50 bits per heavy atom. The summed E-state index contributed by atoms with van der Waals surface area (Å²) in [6.07, 6.45) is 4.83. The van der Waals surface area contributed by atoms with E-state index < -0.39 is 5.97 Å². The van der Waals surface area contributed by atoms with Crippen LogP contribution in [0.15, 0.2) is 24.3 Å². The molecule has 0 saturated heterocycles. The number of carbonyl (C=O) groups is 1. The van der Waals surface area contributed by atoms with Gasteiger partial charge in [-0.1, -0.05) is 17.7 Å². The molecule has 0 saturated carbocycles. The highest BCUT2D eigenvalue weighted by molar-refractivity contribution is 5.89. The number of hydrogen-bond donors (Lipinski definition) is 0. The van der Waals surface area contributed by atoms with Gasteiger partial charge in [-0.15, -0.1) is 6.42 Å². The normalized spacial score (nSPS) is 8.67. The van der Waals surface area contributed by atoms with E-state index in [2.05, 4.69) is 0 Å². The quantitative estimate of drug-likeness (QED) is 0.269. The predicted octanol–water partition coefficient (Wildman–Crippen LogP) is 1.53. The van der Waals surface area contributed by atoms with Gasteiger partial charge in [0, 0.05) is 5.92 Å². The largest absolute Gasteiger partial charge is 0.417 e. The van der Waals surface area contributed by atoms with Gasteiger partial charge in [0.25, 0.3) is 0 Å². The van der Waals surface area contributed by atoms with Crippen LogP contribution in [0, 0.1) is 19.3 Å². The number of rotatable bonds is 1. The van der Waals surface area contributed by atoms with Crippen LogP contribution in [0.4, 0.5) is 0 Å². The topological polar surface area (TPSA) is 26.3 Å². The lowest BCUT2D eigenvalue weighted by molar-refractivity contribution is -0.128. The molecule has 0 amide bonds. The third kappa shape index (κ3) is 2.14. The van der Waals surface area contributed by atoms with Gasteiger partial charge in [-0.25, -0.2) is 4.79 Å². The van der Waals surface area contributed by atoms with Crippen LogP contribution in [-0.2, 0) is 4.79 Å². The smallest absolute Gasteiger partial charge is 0.389 e. The van der Waals surface area contributed by atoms with Crippen molar-refractivity contribution < 1.29 is 9.53 Å². The van der Waals surface area contributed by atoms with Gasteiger partial charge in [-0.3, -0.25) is 0 Å². The van der Waals surface area contributed by atoms with Crippen LogP contribution in [-0.4, -0.2) is 5.97 Å². The number of aryl methyl sites for hydroxylation is 1. The monoisotopic (exact) mass is 160 g/mol. The summed E-state index contributed by atoms with van der Waals surface area (Å²) in [5.74, 6) is 1.67. The van der Waals surface area contributed by atoms with Gasteiger partial charge in [0.05, 0.1) is 0 Å². The Balaban J connectivity index is 2.73. The number of hydrogen-bond acceptors (Lipinski definition) is 2. The van der Waals surface area contributed by atoms with E-state index >= 15 is 0 Å². The minimum absolute atomic E-state index is 0.476. The summed E-state index contributed by atoms with van der Waals surface area (Å²) in [5.41, 5.74) is 1.11. The zero-order valence-corrected chi connectivity index (χ0v) is 6.70. The van der Waals surface area contributed by atoms with Crippen LogP contribution in [0.5, 0.6) is 5.75 Å². The predicted molar refractivity (Wildman–Crippen MR) is 45.6 cm³/mol. The molecule has 1 aromatic carbocycles. The number of ether oxygens (including phenoxy) is 1. The molecule has 0 fully saturated rings. The highest BCUT2D eigenvalue weighted by Gasteiger charge is 1.97. The number of terminal acetylenes is 1. The van der Waals surface area contributed by atoms with E-state index in [1.165, 1.54) is 0 Å². The molecule has 0 unspecified atom stereocenters. The molecule has 60 valence electrons. The standard InChI is InChI=1S/C10H8O2/c1-3-10(11)12-9-6-4-8(2)5-7-9/h1,4-7H,2H3. The van der Waals surface area contributed by atoms with E-state index in [1.54, 1.807) is 12.1 Å². The Morgan fingerprint density at radius 1 is 1.42 bits per heavy atom. The van der Waals surface area contributed by atoms with Gasteiger partial charge < -0.3 is 4.74 Å². The molecule has 0 N–H and O–H groups in total. The van der Waals surface area contributed by atoms with Gasteiger partial charge in [0.2, 0.25) is 0 Å². The van der Waals surface area contributed by atoms with E-state index in [9.17, 15) is 4.79 Å². The van der Waals surface area contributed by atoms with E-state index in [0.29, 0.717) is 5.75 Å². The SMILES string of the molecule is C#CC(=O)Oc1ccc(C)cc1. The fraction of sp³-hybridized carbons (Fsp3) is 0.100. The molecule has 0 atom stereocenters. The lowest BCUT2D eigenvalue weighted by Crippen LogP contribution is -2.03. The van der Waals surface area contributed by atoms with E-state index in [4.69, 9.17) is 11.2 Å². The molecule has 0 radical (unpaired) electrons. The van der Waals surface area contributed by atoms with Crippen molar-refractivity contribution in [2.45, 2.75) is 6.92 Å². The van der Waals surface area contributed by atoms with E-state index in [1.807, 2.05) is 25.0 Å². The Hall–Kier alpha value is -1.75. The van der Waals surface area contributed by atoms with Crippen molar-refractivity contribution in [1.82, 2.24) is 0 Å². The van der Waals surface area contributed by atoms with Crippen LogP contribution in [0.3, 0.4) is 0 Å². The van der Waals surface area contributed by atoms with Crippen LogP contribution in [0.2, 0.25) is 0 Å². The molecule has 0 aliphatic carbocycles. The van der Waals surface area contributed by atoms with Gasteiger partial charge in [0.1, 0.15) is 5.75 Å². The summed E-state index contributed by atoms with van der Waals surface area (Å²) in [7, 11) is 0. The second-order valence-electron chi connectivity index (χ2n) is 2.35. The van der Waals surface area contributed by atoms with Crippen LogP contribution < -0.4 is 4.74 Å². The van der Waals surface area contributed by atoms with Crippen molar-refractivity contribution in [1.29, 1.82) is 0 Å². The first-order chi connectivity index (χ1) is 5.72. The van der Waals surface area contributed by atoms with Crippen molar-refractivity contribution in [3.8, 4) is 18.1 Å². The second kappa shape index (κ2) is 3.59. The fourth-order valence-corrected chi connectivity index (χ4v) is 0.743. The summed E-state index contributed by atoms with van der Waals surface area (Å²) < 4.78 is 4.74. The average Bonchev–Trinajstić information content (AvgIpc) is 2.09. The maximum absolute atomic E-state index is 10.6. The van der Waals surface area contributed by atoms with E-state index in [0.717, 1.165) is 5.56 Å². The zero-order valence-electron chi connectivity index (χ0n) is 6.70. The number of esters is 1. The molecular formula is C10H8O2.